The number of hydrogen-bond acceptors (Lipinski definition) is 2. The summed E-state index contributed by atoms with van der Waals surface area (Å²) < 4.78 is 0. The third-order valence-corrected chi connectivity index (χ3v) is 4.57. The fourth-order valence-corrected chi connectivity index (χ4v) is 3.30. The monoisotopic (exact) mass is 249 g/mol. The van der Waals surface area contributed by atoms with Gasteiger partial charge in [0.05, 0.1) is 0 Å². The normalized spacial score (nSPS) is 20.9. The van der Waals surface area contributed by atoms with Gasteiger partial charge in [-0.2, -0.15) is 11.8 Å². The molecule has 2 heteroatoms. The first-order chi connectivity index (χ1) is 8.31. The Morgan fingerprint density at radius 2 is 2.24 bits per heavy atom. The van der Waals surface area contributed by atoms with E-state index in [-0.39, 0.29) is 0 Å². The van der Waals surface area contributed by atoms with Crippen molar-refractivity contribution >= 4 is 11.8 Å². The summed E-state index contributed by atoms with van der Waals surface area (Å²) in [4.78, 5) is 0. The largest absolute Gasteiger partial charge is 0.307 e. The number of fused-ring (bicyclic) bond motifs is 1. The lowest BCUT2D eigenvalue weighted by molar-refractivity contribution is 0.426. The van der Waals surface area contributed by atoms with Crippen molar-refractivity contribution in [1.82, 2.24) is 5.32 Å². The van der Waals surface area contributed by atoms with Gasteiger partial charge in [-0.05, 0) is 43.1 Å². The molecule has 1 N–H and O–H groups in total. The van der Waals surface area contributed by atoms with E-state index in [2.05, 4.69) is 43.4 Å². The lowest BCUT2D eigenvalue weighted by atomic mass is 9.87. The van der Waals surface area contributed by atoms with Gasteiger partial charge in [0.2, 0.25) is 0 Å². The van der Waals surface area contributed by atoms with Crippen molar-refractivity contribution in [3.8, 4) is 0 Å². The molecule has 0 heterocycles. The highest BCUT2D eigenvalue weighted by Crippen LogP contribution is 2.29. The molecule has 1 aliphatic carbocycles. The van der Waals surface area contributed by atoms with Crippen molar-refractivity contribution in [2.75, 3.05) is 11.5 Å². The Kier molecular flexibility index (Phi) is 4.93. The summed E-state index contributed by atoms with van der Waals surface area (Å²) in [5, 5.41) is 3.79. The summed E-state index contributed by atoms with van der Waals surface area (Å²) >= 11 is 2.02. The van der Waals surface area contributed by atoms with Crippen LogP contribution < -0.4 is 5.32 Å². The van der Waals surface area contributed by atoms with Crippen molar-refractivity contribution in [3.63, 3.8) is 0 Å². The van der Waals surface area contributed by atoms with Crippen LogP contribution in [0.1, 0.15) is 43.9 Å². The molecule has 0 radical (unpaired) electrons. The molecule has 1 nitrogen and oxygen atoms in total. The van der Waals surface area contributed by atoms with Gasteiger partial charge in [0.1, 0.15) is 0 Å². The van der Waals surface area contributed by atoms with Crippen molar-refractivity contribution in [3.05, 3.63) is 35.4 Å². The van der Waals surface area contributed by atoms with Gasteiger partial charge in [0.25, 0.3) is 0 Å². The van der Waals surface area contributed by atoms with E-state index >= 15 is 0 Å². The zero-order valence-electron chi connectivity index (χ0n) is 10.9. The van der Waals surface area contributed by atoms with E-state index in [1.807, 2.05) is 11.8 Å². The highest BCUT2D eigenvalue weighted by Gasteiger charge is 2.20. The molecule has 1 aromatic carbocycles. The van der Waals surface area contributed by atoms with Crippen LogP contribution in [0.5, 0.6) is 0 Å². The van der Waals surface area contributed by atoms with E-state index in [1.54, 1.807) is 5.56 Å². The molecule has 0 aromatic heterocycles. The molecule has 0 spiro atoms. The molecule has 0 amide bonds. The Balaban J connectivity index is 1.98. The average Bonchev–Trinajstić information content (AvgIpc) is 2.37. The van der Waals surface area contributed by atoms with Gasteiger partial charge >= 0.3 is 0 Å². The summed E-state index contributed by atoms with van der Waals surface area (Å²) in [6, 6.07) is 10.1. The van der Waals surface area contributed by atoms with E-state index in [4.69, 9.17) is 0 Å². The van der Waals surface area contributed by atoms with E-state index in [0.29, 0.717) is 12.1 Å². The Morgan fingerprint density at radius 3 is 3.06 bits per heavy atom. The van der Waals surface area contributed by atoms with Gasteiger partial charge in [0, 0.05) is 17.8 Å². The minimum Gasteiger partial charge on any atom is -0.307 e. The van der Waals surface area contributed by atoms with E-state index < -0.39 is 0 Å². The van der Waals surface area contributed by atoms with Crippen LogP contribution in [0.25, 0.3) is 0 Å². The van der Waals surface area contributed by atoms with Gasteiger partial charge in [0.15, 0.2) is 0 Å². The van der Waals surface area contributed by atoms with E-state index in [1.165, 1.54) is 36.3 Å². The second-order valence-corrected chi connectivity index (χ2v) is 6.19. The van der Waals surface area contributed by atoms with Gasteiger partial charge in [-0.25, -0.2) is 0 Å². The Morgan fingerprint density at radius 1 is 1.41 bits per heavy atom. The number of aryl methyl sites for hydroxylation is 1. The second kappa shape index (κ2) is 6.46. The maximum atomic E-state index is 3.79. The average molecular weight is 249 g/mol. The first-order valence-corrected chi connectivity index (χ1v) is 7.88. The molecule has 94 valence electrons. The zero-order chi connectivity index (χ0) is 12.1. The minimum atomic E-state index is 0.576. The highest BCUT2D eigenvalue weighted by molar-refractivity contribution is 7.99. The SMILES string of the molecule is CCSCC(C)NC1CCCc2ccccc21. The van der Waals surface area contributed by atoms with Crippen LogP contribution in [0.2, 0.25) is 0 Å². The Bertz CT molecular complexity index is 351. The lowest BCUT2D eigenvalue weighted by Crippen LogP contribution is -2.34. The van der Waals surface area contributed by atoms with Crippen LogP contribution in [0.15, 0.2) is 24.3 Å². The molecular formula is C15H23NS. The molecule has 0 aliphatic heterocycles. The highest BCUT2D eigenvalue weighted by atomic mass is 32.2. The second-order valence-electron chi connectivity index (χ2n) is 4.87. The number of hydrogen-bond donors (Lipinski definition) is 1. The van der Waals surface area contributed by atoms with Crippen LogP contribution in [0, 0.1) is 0 Å². The summed E-state index contributed by atoms with van der Waals surface area (Å²) in [5.74, 6) is 2.43. The van der Waals surface area contributed by atoms with Crippen molar-refractivity contribution in [2.45, 2.75) is 45.2 Å². The quantitative estimate of drug-likeness (QED) is 0.852. The van der Waals surface area contributed by atoms with Crippen molar-refractivity contribution in [1.29, 1.82) is 0 Å². The predicted octanol–water partition coefficient (Wildman–Crippen LogP) is 3.80. The molecule has 0 saturated carbocycles. The zero-order valence-corrected chi connectivity index (χ0v) is 11.7. The molecule has 1 aromatic rings. The standard InChI is InChI=1S/C15H23NS/c1-3-17-11-12(2)16-15-10-6-8-13-7-4-5-9-14(13)15/h4-5,7,9,12,15-16H,3,6,8,10-11H2,1-2H3. The number of nitrogens with one attached hydrogen (secondary N) is 1. The van der Waals surface area contributed by atoms with Crippen molar-refractivity contribution in [2.24, 2.45) is 0 Å². The molecule has 2 unspecified atom stereocenters. The summed E-state index contributed by atoms with van der Waals surface area (Å²) in [7, 11) is 0. The van der Waals surface area contributed by atoms with Crippen LogP contribution in [0.4, 0.5) is 0 Å². The smallest absolute Gasteiger partial charge is 0.0325 e. The third-order valence-electron chi connectivity index (χ3n) is 3.43. The maximum absolute atomic E-state index is 3.79. The molecule has 2 rings (SSSR count). The number of rotatable bonds is 5. The molecule has 0 bridgehead atoms. The van der Waals surface area contributed by atoms with Crippen LogP contribution in [-0.4, -0.2) is 17.5 Å². The molecule has 0 saturated heterocycles. The fraction of sp³-hybridized carbons (Fsp3) is 0.600. The van der Waals surface area contributed by atoms with Gasteiger partial charge < -0.3 is 5.32 Å². The first kappa shape index (κ1) is 13.0. The summed E-state index contributed by atoms with van der Waals surface area (Å²) in [6.07, 6.45) is 3.87. The minimum absolute atomic E-state index is 0.576. The van der Waals surface area contributed by atoms with E-state index in [0.717, 1.165) is 0 Å². The molecule has 1 aliphatic rings. The van der Waals surface area contributed by atoms with E-state index in [9.17, 15) is 0 Å². The van der Waals surface area contributed by atoms with Gasteiger partial charge in [-0.3, -0.25) is 0 Å². The molecule has 0 fully saturated rings. The van der Waals surface area contributed by atoms with Gasteiger partial charge in [-0.15, -0.1) is 0 Å². The summed E-state index contributed by atoms with van der Waals surface area (Å²) in [6.45, 7) is 4.53. The maximum Gasteiger partial charge on any atom is 0.0325 e. The van der Waals surface area contributed by atoms with Crippen LogP contribution in [-0.2, 0) is 6.42 Å². The molecule has 2 atom stereocenters. The third kappa shape index (κ3) is 3.49. The number of thioether (sulfide) groups is 1. The Hall–Kier alpha value is -0.470. The fourth-order valence-electron chi connectivity index (χ4n) is 2.61. The summed E-state index contributed by atoms with van der Waals surface area (Å²) in [5.41, 5.74) is 3.08. The van der Waals surface area contributed by atoms with Crippen LogP contribution >= 0.6 is 11.8 Å². The predicted molar refractivity (Wildman–Crippen MR) is 77.7 cm³/mol. The van der Waals surface area contributed by atoms with Gasteiger partial charge in [-0.1, -0.05) is 31.2 Å². The van der Waals surface area contributed by atoms with Crippen LogP contribution in [0.3, 0.4) is 0 Å². The number of benzene rings is 1. The lowest BCUT2D eigenvalue weighted by Gasteiger charge is -2.29. The topological polar surface area (TPSA) is 12.0 Å². The molecular weight excluding hydrogens is 226 g/mol. The first-order valence-electron chi connectivity index (χ1n) is 6.73. The molecule has 17 heavy (non-hydrogen) atoms. The van der Waals surface area contributed by atoms with Crippen molar-refractivity contribution < 1.29 is 0 Å². The Labute approximate surface area is 109 Å².